The molecule has 108 valence electrons. The second-order valence-corrected chi connectivity index (χ2v) is 5.15. The number of pyridine rings is 1. The molecule has 2 rings (SSSR count). The zero-order chi connectivity index (χ0) is 14.7. The lowest BCUT2D eigenvalue weighted by Crippen LogP contribution is -2.25. The van der Waals surface area contributed by atoms with Crippen LogP contribution < -0.4 is 5.32 Å². The van der Waals surface area contributed by atoms with Crippen LogP contribution >= 0.6 is 0 Å². The summed E-state index contributed by atoms with van der Waals surface area (Å²) in [6, 6.07) is 1.46. The minimum atomic E-state index is -0.791. The van der Waals surface area contributed by atoms with Crippen LogP contribution in [0.15, 0.2) is 12.3 Å². The van der Waals surface area contributed by atoms with E-state index in [1.165, 1.54) is 6.07 Å². The third-order valence-electron chi connectivity index (χ3n) is 3.71. The highest BCUT2D eigenvalue weighted by molar-refractivity contribution is 5.71. The number of nitrogens with zero attached hydrogens (tertiary/aromatic N) is 2. The van der Waals surface area contributed by atoms with E-state index in [9.17, 15) is 14.9 Å². The lowest BCUT2D eigenvalue weighted by molar-refractivity contribution is -0.384. The van der Waals surface area contributed by atoms with Gasteiger partial charge in [-0.3, -0.25) is 14.9 Å². The third-order valence-corrected chi connectivity index (χ3v) is 3.71. The third kappa shape index (κ3) is 3.04. The highest BCUT2D eigenvalue weighted by atomic mass is 16.6. The predicted molar refractivity (Wildman–Crippen MR) is 72.6 cm³/mol. The highest BCUT2D eigenvalue weighted by Crippen LogP contribution is 2.32. The van der Waals surface area contributed by atoms with Crippen molar-refractivity contribution in [3.05, 3.63) is 27.9 Å². The van der Waals surface area contributed by atoms with Gasteiger partial charge in [0.05, 0.1) is 10.8 Å². The summed E-state index contributed by atoms with van der Waals surface area (Å²) >= 11 is 0. The fourth-order valence-electron chi connectivity index (χ4n) is 2.66. The van der Waals surface area contributed by atoms with Crippen molar-refractivity contribution in [2.45, 2.75) is 26.2 Å². The smallest absolute Gasteiger partial charge is 0.311 e. The van der Waals surface area contributed by atoms with Gasteiger partial charge in [0.1, 0.15) is 0 Å². The van der Waals surface area contributed by atoms with Crippen molar-refractivity contribution in [1.82, 2.24) is 4.98 Å². The molecule has 1 aliphatic rings. The fraction of sp³-hybridized carbons (Fsp3) is 0.538. The molecule has 0 amide bonds. The molecule has 2 unspecified atom stereocenters. The van der Waals surface area contributed by atoms with Gasteiger partial charge in [-0.25, -0.2) is 4.98 Å². The zero-order valence-corrected chi connectivity index (χ0v) is 11.2. The molecule has 2 atom stereocenters. The maximum atomic E-state index is 11.1. The van der Waals surface area contributed by atoms with E-state index in [2.05, 4.69) is 10.3 Å². The van der Waals surface area contributed by atoms with Crippen LogP contribution in [0.2, 0.25) is 0 Å². The van der Waals surface area contributed by atoms with Crippen molar-refractivity contribution in [3.63, 3.8) is 0 Å². The predicted octanol–water partition coefficient (Wildman–Crippen LogP) is 2.21. The number of carboxylic acid groups (broad SMARTS) is 1. The highest BCUT2D eigenvalue weighted by Gasteiger charge is 2.33. The van der Waals surface area contributed by atoms with Gasteiger partial charge >= 0.3 is 11.7 Å². The molecule has 0 spiro atoms. The van der Waals surface area contributed by atoms with Gasteiger partial charge in [0.25, 0.3) is 0 Å². The van der Waals surface area contributed by atoms with Gasteiger partial charge in [0.15, 0.2) is 0 Å². The molecule has 20 heavy (non-hydrogen) atoms. The lowest BCUT2D eigenvalue weighted by Gasteiger charge is -2.16. The first-order valence-electron chi connectivity index (χ1n) is 6.56. The van der Waals surface area contributed by atoms with Gasteiger partial charge in [-0.15, -0.1) is 0 Å². The Kier molecular flexibility index (Phi) is 4.16. The summed E-state index contributed by atoms with van der Waals surface area (Å²) in [5, 5.41) is 23.0. The van der Waals surface area contributed by atoms with Crippen LogP contribution in [0.5, 0.6) is 0 Å². The number of aromatic nitrogens is 1. The Morgan fingerprint density at radius 2 is 2.35 bits per heavy atom. The maximum absolute atomic E-state index is 11.1. The van der Waals surface area contributed by atoms with E-state index in [1.54, 1.807) is 13.1 Å². The molecule has 1 fully saturated rings. The van der Waals surface area contributed by atoms with Crippen molar-refractivity contribution < 1.29 is 14.8 Å². The largest absolute Gasteiger partial charge is 0.481 e. The van der Waals surface area contributed by atoms with Crippen LogP contribution in [-0.4, -0.2) is 27.5 Å². The molecule has 0 aliphatic heterocycles. The summed E-state index contributed by atoms with van der Waals surface area (Å²) in [6.07, 6.45) is 3.93. The molecule has 1 aromatic rings. The van der Waals surface area contributed by atoms with Crippen molar-refractivity contribution in [2.24, 2.45) is 11.8 Å². The SMILES string of the molecule is Cc1cnc(NCC2CCCC2C(=O)O)c([N+](=O)[O-])c1. The summed E-state index contributed by atoms with van der Waals surface area (Å²) < 4.78 is 0. The number of aryl methyl sites for hydroxylation is 1. The molecule has 1 saturated carbocycles. The van der Waals surface area contributed by atoms with E-state index >= 15 is 0 Å². The molecule has 0 aromatic carbocycles. The van der Waals surface area contributed by atoms with E-state index in [-0.39, 0.29) is 23.3 Å². The molecular weight excluding hydrogens is 262 g/mol. The van der Waals surface area contributed by atoms with Crippen LogP contribution in [0.25, 0.3) is 0 Å². The number of hydrogen-bond acceptors (Lipinski definition) is 5. The molecule has 1 aliphatic carbocycles. The summed E-state index contributed by atoms with van der Waals surface area (Å²) in [5.74, 6) is -0.959. The van der Waals surface area contributed by atoms with Crippen molar-refractivity contribution in [2.75, 3.05) is 11.9 Å². The normalized spacial score (nSPS) is 21.6. The van der Waals surface area contributed by atoms with Gasteiger partial charge in [0, 0.05) is 18.8 Å². The number of nitrogens with one attached hydrogen (secondary N) is 1. The topological polar surface area (TPSA) is 105 Å². The number of aliphatic carboxylic acids is 1. The number of rotatable bonds is 5. The van der Waals surface area contributed by atoms with E-state index < -0.39 is 10.9 Å². The Labute approximate surface area is 116 Å². The number of carbonyl (C=O) groups is 1. The molecule has 0 radical (unpaired) electrons. The molecule has 7 heteroatoms. The van der Waals surface area contributed by atoms with Gasteiger partial charge in [-0.1, -0.05) is 6.42 Å². The quantitative estimate of drug-likeness (QED) is 0.632. The number of hydrogen-bond donors (Lipinski definition) is 2. The molecule has 2 N–H and O–H groups in total. The lowest BCUT2D eigenvalue weighted by atomic mass is 9.96. The van der Waals surface area contributed by atoms with Crippen LogP contribution in [0, 0.1) is 28.9 Å². The molecular formula is C13H17N3O4. The maximum Gasteiger partial charge on any atom is 0.311 e. The number of nitro groups is 1. The van der Waals surface area contributed by atoms with Crippen molar-refractivity contribution >= 4 is 17.5 Å². The first-order valence-corrected chi connectivity index (χ1v) is 6.56. The summed E-state index contributed by atoms with van der Waals surface area (Å²) in [5.41, 5.74) is 0.640. The molecule has 1 heterocycles. The minimum Gasteiger partial charge on any atom is -0.481 e. The number of carboxylic acids is 1. The van der Waals surface area contributed by atoms with Crippen LogP contribution in [-0.2, 0) is 4.79 Å². The Balaban J connectivity index is 2.07. The van der Waals surface area contributed by atoms with Crippen LogP contribution in [0.4, 0.5) is 11.5 Å². The van der Waals surface area contributed by atoms with Gasteiger partial charge in [0.2, 0.25) is 5.82 Å². The second kappa shape index (κ2) is 5.85. The van der Waals surface area contributed by atoms with Gasteiger partial charge in [-0.05, 0) is 31.2 Å². The summed E-state index contributed by atoms with van der Waals surface area (Å²) in [6.45, 7) is 2.13. The Bertz CT molecular complexity index is 532. The Morgan fingerprint density at radius 1 is 1.60 bits per heavy atom. The first kappa shape index (κ1) is 14.2. The first-order chi connectivity index (χ1) is 9.49. The van der Waals surface area contributed by atoms with Crippen LogP contribution in [0.3, 0.4) is 0 Å². The van der Waals surface area contributed by atoms with E-state index in [4.69, 9.17) is 5.11 Å². The number of anilines is 1. The molecule has 7 nitrogen and oxygen atoms in total. The van der Waals surface area contributed by atoms with Crippen LogP contribution in [0.1, 0.15) is 24.8 Å². The minimum absolute atomic E-state index is 0.00444. The van der Waals surface area contributed by atoms with Gasteiger partial charge < -0.3 is 10.4 Å². The van der Waals surface area contributed by atoms with E-state index in [1.807, 2.05) is 0 Å². The molecule has 1 aromatic heterocycles. The average Bonchev–Trinajstić information content (AvgIpc) is 2.85. The van der Waals surface area contributed by atoms with Crippen molar-refractivity contribution in [1.29, 1.82) is 0 Å². The van der Waals surface area contributed by atoms with E-state index in [0.717, 1.165) is 12.8 Å². The second-order valence-electron chi connectivity index (χ2n) is 5.15. The van der Waals surface area contributed by atoms with Gasteiger partial charge in [-0.2, -0.15) is 0 Å². The zero-order valence-electron chi connectivity index (χ0n) is 11.2. The van der Waals surface area contributed by atoms with Crippen molar-refractivity contribution in [3.8, 4) is 0 Å². The monoisotopic (exact) mass is 279 g/mol. The molecule has 0 saturated heterocycles. The molecule has 0 bridgehead atoms. The Morgan fingerprint density at radius 3 is 3.00 bits per heavy atom. The average molecular weight is 279 g/mol. The summed E-state index contributed by atoms with van der Waals surface area (Å²) in [7, 11) is 0. The van der Waals surface area contributed by atoms with E-state index in [0.29, 0.717) is 18.5 Å². The standard InChI is InChI=1S/C13H17N3O4/c1-8-5-11(16(19)20)12(14-6-8)15-7-9-3-2-4-10(9)13(17)18/h5-6,9-10H,2-4,7H2,1H3,(H,14,15)(H,17,18). The summed E-state index contributed by atoms with van der Waals surface area (Å²) in [4.78, 5) is 25.6. The fourth-order valence-corrected chi connectivity index (χ4v) is 2.66. The Hall–Kier alpha value is -2.18.